The average Bonchev–Trinajstić information content (AvgIpc) is 3.10. The number of imidazole rings is 1. The second-order valence-electron chi connectivity index (χ2n) is 5.57. The molecule has 0 saturated carbocycles. The maximum Gasteiger partial charge on any atom is 0.319 e. The second-order valence-corrected chi connectivity index (χ2v) is 5.57. The van der Waals surface area contributed by atoms with Crippen molar-refractivity contribution in [1.29, 1.82) is 0 Å². The number of benzene rings is 1. The molecule has 2 heterocycles. The fourth-order valence-electron chi connectivity index (χ4n) is 2.35. The van der Waals surface area contributed by atoms with E-state index in [9.17, 15) is 14.4 Å². The van der Waals surface area contributed by atoms with Crippen LogP contribution in [0.1, 0.15) is 16.9 Å². The molecule has 2 aromatic heterocycles. The van der Waals surface area contributed by atoms with Gasteiger partial charge in [0, 0.05) is 49.1 Å². The largest absolute Gasteiger partial charge is 0.370 e. The molecule has 0 saturated heterocycles. The van der Waals surface area contributed by atoms with E-state index in [2.05, 4.69) is 25.9 Å². The fraction of sp³-hybridized carbons (Fsp3) is 0.118. The molecule has 0 aliphatic rings. The number of amides is 4. The summed E-state index contributed by atoms with van der Waals surface area (Å²) in [7, 11) is 0. The van der Waals surface area contributed by atoms with E-state index in [1.165, 1.54) is 6.20 Å². The molecule has 0 radical (unpaired) electrons. The van der Waals surface area contributed by atoms with E-state index in [4.69, 9.17) is 5.73 Å². The van der Waals surface area contributed by atoms with Gasteiger partial charge in [0.2, 0.25) is 5.91 Å². The highest BCUT2D eigenvalue weighted by Gasteiger charge is 2.14. The number of fused-ring (bicyclic) bond motifs is 1. The molecule has 0 fully saturated rings. The van der Waals surface area contributed by atoms with Crippen molar-refractivity contribution in [2.75, 3.05) is 17.2 Å². The third kappa shape index (κ3) is 4.57. The number of primary amides is 1. The third-order valence-corrected chi connectivity index (χ3v) is 3.56. The molecule has 138 valence electrons. The Bertz CT molecular complexity index is 999. The van der Waals surface area contributed by atoms with Crippen molar-refractivity contribution in [2.24, 2.45) is 5.73 Å². The molecule has 0 aliphatic carbocycles. The predicted octanol–water partition coefficient (Wildman–Crippen LogP) is 0.978. The Kier molecular flexibility index (Phi) is 5.26. The number of hydrogen-bond acceptors (Lipinski definition) is 5. The number of carbonyl (C=O) groups is 3. The number of nitrogens with two attached hydrogens (primary N) is 1. The summed E-state index contributed by atoms with van der Waals surface area (Å²) in [5, 5.41) is 7.84. The van der Waals surface area contributed by atoms with E-state index < -0.39 is 17.8 Å². The van der Waals surface area contributed by atoms with Crippen molar-refractivity contribution in [3.05, 3.63) is 54.7 Å². The monoisotopic (exact) mass is 367 g/mol. The number of hydrogen-bond donors (Lipinski definition) is 4. The molecular formula is C17H17N7O3. The van der Waals surface area contributed by atoms with E-state index in [1.54, 1.807) is 47.3 Å². The Morgan fingerprint density at radius 3 is 2.48 bits per heavy atom. The normalized spacial score (nSPS) is 10.4. The number of rotatable bonds is 6. The summed E-state index contributed by atoms with van der Waals surface area (Å²) in [5.41, 5.74) is 6.59. The van der Waals surface area contributed by atoms with E-state index >= 15 is 0 Å². The van der Waals surface area contributed by atoms with Crippen LogP contribution in [0, 0.1) is 0 Å². The molecule has 1 aromatic carbocycles. The van der Waals surface area contributed by atoms with Gasteiger partial charge in [-0.15, -0.1) is 0 Å². The molecule has 0 aliphatic heterocycles. The van der Waals surface area contributed by atoms with Crippen molar-refractivity contribution >= 4 is 34.9 Å². The number of carbonyl (C=O) groups excluding carboxylic acids is 3. The highest BCUT2D eigenvalue weighted by molar-refractivity contribution is 6.07. The van der Waals surface area contributed by atoms with E-state index in [-0.39, 0.29) is 18.7 Å². The summed E-state index contributed by atoms with van der Waals surface area (Å²) in [6.07, 6.45) is 6.55. The maximum absolute atomic E-state index is 12.5. The van der Waals surface area contributed by atoms with Crippen LogP contribution < -0.4 is 21.7 Å². The minimum absolute atomic E-state index is 0.0514. The molecular weight excluding hydrogens is 350 g/mol. The van der Waals surface area contributed by atoms with Crippen LogP contribution in [0.2, 0.25) is 0 Å². The molecule has 10 nitrogen and oxygen atoms in total. The fourth-order valence-corrected chi connectivity index (χ4v) is 2.35. The quantitative estimate of drug-likeness (QED) is 0.513. The van der Waals surface area contributed by atoms with Gasteiger partial charge in [0.1, 0.15) is 0 Å². The third-order valence-electron chi connectivity index (χ3n) is 3.56. The molecule has 10 heteroatoms. The maximum atomic E-state index is 12.5. The molecule has 27 heavy (non-hydrogen) atoms. The lowest BCUT2D eigenvalue weighted by atomic mass is 10.2. The molecule has 0 bridgehead atoms. The Balaban J connectivity index is 1.65. The van der Waals surface area contributed by atoms with Gasteiger partial charge in [-0.2, -0.15) is 0 Å². The lowest BCUT2D eigenvalue weighted by Crippen LogP contribution is -2.31. The van der Waals surface area contributed by atoms with E-state index in [0.717, 1.165) is 0 Å². The smallest absolute Gasteiger partial charge is 0.319 e. The minimum Gasteiger partial charge on any atom is -0.370 e. The lowest BCUT2D eigenvalue weighted by molar-refractivity contribution is -0.117. The first-order valence-electron chi connectivity index (χ1n) is 8.05. The average molecular weight is 367 g/mol. The zero-order valence-electron chi connectivity index (χ0n) is 14.2. The summed E-state index contributed by atoms with van der Waals surface area (Å²) >= 11 is 0. The van der Waals surface area contributed by atoms with Crippen LogP contribution in [0.3, 0.4) is 0 Å². The second kappa shape index (κ2) is 7.95. The van der Waals surface area contributed by atoms with Crippen LogP contribution in [0.4, 0.5) is 16.2 Å². The topological polar surface area (TPSA) is 144 Å². The SMILES string of the molecule is NC(=O)CCNC(=O)Nc1cccc(NC(=O)c2nccn3ccnc23)c1. The lowest BCUT2D eigenvalue weighted by Gasteiger charge is -2.09. The van der Waals surface area contributed by atoms with Crippen molar-refractivity contribution < 1.29 is 14.4 Å². The van der Waals surface area contributed by atoms with Crippen LogP contribution in [-0.2, 0) is 4.79 Å². The van der Waals surface area contributed by atoms with Crippen LogP contribution in [0.5, 0.6) is 0 Å². The first-order chi connectivity index (χ1) is 13.0. The summed E-state index contributed by atoms with van der Waals surface area (Å²) in [6.45, 7) is 0.136. The molecule has 3 aromatic rings. The number of nitrogens with one attached hydrogen (secondary N) is 3. The molecule has 4 amide bonds. The van der Waals surface area contributed by atoms with Gasteiger partial charge in [0.05, 0.1) is 0 Å². The highest BCUT2D eigenvalue weighted by atomic mass is 16.2. The van der Waals surface area contributed by atoms with Crippen molar-refractivity contribution in [3.63, 3.8) is 0 Å². The molecule has 3 rings (SSSR count). The standard InChI is InChI=1S/C17H17N7O3/c18-13(25)4-5-21-17(27)23-12-3-1-2-11(10-12)22-16(26)14-15-20-7-9-24(15)8-6-19-14/h1-3,6-10H,4-5H2,(H2,18,25)(H,22,26)(H2,21,23,27). The van der Waals surface area contributed by atoms with Gasteiger partial charge in [-0.3, -0.25) is 9.59 Å². The Morgan fingerprint density at radius 2 is 1.74 bits per heavy atom. The summed E-state index contributed by atoms with van der Waals surface area (Å²) < 4.78 is 1.69. The number of aromatic nitrogens is 3. The zero-order valence-corrected chi connectivity index (χ0v) is 14.2. The predicted molar refractivity (Wildman–Crippen MR) is 98.2 cm³/mol. The molecule has 0 atom stereocenters. The van der Waals surface area contributed by atoms with E-state index in [1.807, 2.05) is 0 Å². The van der Waals surface area contributed by atoms with Crippen LogP contribution in [0.15, 0.2) is 49.1 Å². The summed E-state index contributed by atoms with van der Waals surface area (Å²) in [6, 6.07) is 6.13. The van der Waals surface area contributed by atoms with Gasteiger partial charge in [-0.25, -0.2) is 14.8 Å². The first kappa shape index (κ1) is 17.9. The first-order valence-corrected chi connectivity index (χ1v) is 8.05. The van der Waals surface area contributed by atoms with Gasteiger partial charge in [-0.1, -0.05) is 6.07 Å². The van der Waals surface area contributed by atoms with Gasteiger partial charge < -0.3 is 26.1 Å². The van der Waals surface area contributed by atoms with Gasteiger partial charge in [0.15, 0.2) is 11.3 Å². The summed E-state index contributed by atoms with van der Waals surface area (Å²) in [4.78, 5) is 43.1. The van der Waals surface area contributed by atoms with Crippen LogP contribution in [-0.4, -0.2) is 38.8 Å². The van der Waals surface area contributed by atoms with Crippen LogP contribution >= 0.6 is 0 Å². The zero-order chi connectivity index (χ0) is 19.2. The Morgan fingerprint density at radius 1 is 1.04 bits per heavy atom. The van der Waals surface area contributed by atoms with Gasteiger partial charge in [-0.05, 0) is 18.2 Å². The number of anilines is 2. The van der Waals surface area contributed by atoms with E-state index in [0.29, 0.717) is 17.0 Å². The Hall–Kier alpha value is -3.95. The number of urea groups is 1. The van der Waals surface area contributed by atoms with Crippen molar-refractivity contribution in [3.8, 4) is 0 Å². The van der Waals surface area contributed by atoms with Crippen LogP contribution in [0.25, 0.3) is 5.65 Å². The molecule has 0 unspecified atom stereocenters. The Labute approximate surface area is 153 Å². The minimum atomic E-state index is -0.499. The summed E-state index contributed by atoms with van der Waals surface area (Å²) in [5.74, 6) is -0.920. The van der Waals surface area contributed by atoms with Crippen molar-refractivity contribution in [2.45, 2.75) is 6.42 Å². The van der Waals surface area contributed by atoms with Crippen molar-refractivity contribution in [1.82, 2.24) is 19.7 Å². The van der Waals surface area contributed by atoms with Gasteiger partial charge >= 0.3 is 6.03 Å². The van der Waals surface area contributed by atoms with Gasteiger partial charge in [0.25, 0.3) is 5.91 Å². The highest BCUT2D eigenvalue weighted by Crippen LogP contribution is 2.16. The number of nitrogens with zero attached hydrogens (tertiary/aromatic N) is 3. The molecule has 0 spiro atoms. The molecule has 5 N–H and O–H groups in total.